The Morgan fingerprint density at radius 2 is 2.26 bits per heavy atom. The lowest BCUT2D eigenvalue weighted by Crippen LogP contribution is -2.35. The number of dihydropyridines is 1. The van der Waals surface area contributed by atoms with Crippen LogP contribution < -0.4 is 5.32 Å². The van der Waals surface area contributed by atoms with Crippen LogP contribution in [0.4, 0.5) is 0 Å². The van der Waals surface area contributed by atoms with Gasteiger partial charge >= 0.3 is 0 Å². The predicted molar refractivity (Wildman–Crippen MR) is 77.9 cm³/mol. The van der Waals surface area contributed by atoms with Gasteiger partial charge < -0.3 is 5.32 Å². The van der Waals surface area contributed by atoms with Crippen LogP contribution in [0, 0.1) is 0 Å². The smallest absolute Gasteiger partial charge is 0.104 e. The van der Waals surface area contributed by atoms with Crippen molar-refractivity contribution in [2.45, 2.75) is 32.2 Å². The minimum Gasteiger partial charge on any atom is -0.379 e. The van der Waals surface area contributed by atoms with E-state index in [2.05, 4.69) is 30.0 Å². The van der Waals surface area contributed by atoms with E-state index >= 15 is 0 Å². The summed E-state index contributed by atoms with van der Waals surface area (Å²) in [5, 5.41) is 14.9. The molecule has 2 rings (SSSR count). The monoisotopic (exact) mass is 259 g/mol. The van der Waals surface area contributed by atoms with Gasteiger partial charge in [0.15, 0.2) is 0 Å². The molecule has 0 amide bonds. The molecule has 0 radical (unpaired) electrons. The molecule has 4 heteroatoms. The van der Waals surface area contributed by atoms with Crippen LogP contribution in [0.1, 0.15) is 26.2 Å². The van der Waals surface area contributed by atoms with Crippen molar-refractivity contribution in [3.05, 3.63) is 47.5 Å². The van der Waals surface area contributed by atoms with E-state index in [1.54, 1.807) is 0 Å². The van der Waals surface area contributed by atoms with Gasteiger partial charge in [0.1, 0.15) is 5.70 Å². The van der Waals surface area contributed by atoms with Crippen LogP contribution in [-0.4, -0.2) is 29.6 Å². The summed E-state index contributed by atoms with van der Waals surface area (Å²) in [6.07, 6.45) is 13.1. The van der Waals surface area contributed by atoms with E-state index in [1.807, 2.05) is 24.4 Å². The maximum atomic E-state index is 10.3. The number of hydrogen-bond acceptors (Lipinski definition) is 4. The molecule has 1 atom stereocenters. The minimum atomic E-state index is 0.103. The highest BCUT2D eigenvalue weighted by atomic mass is 16.5. The summed E-state index contributed by atoms with van der Waals surface area (Å²) in [4.78, 5) is 4.00. The Hall–Kier alpha value is -1.81. The Bertz CT molecular complexity index is 460. The van der Waals surface area contributed by atoms with Crippen LogP contribution in [0.25, 0.3) is 0 Å². The van der Waals surface area contributed by atoms with Gasteiger partial charge in [-0.15, -0.1) is 0 Å². The van der Waals surface area contributed by atoms with Crippen molar-refractivity contribution in [1.82, 2.24) is 10.4 Å². The second-order valence-corrected chi connectivity index (χ2v) is 4.71. The fourth-order valence-corrected chi connectivity index (χ4v) is 2.32. The lowest BCUT2D eigenvalue weighted by molar-refractivity contribution is -0.0551. The summed E-state index contributed by atoms with van der Waals surface area (Å²) < 4.78 is 0. The van der Waals surface area contributed by atoms with Crippen LogP contribution in [0.2, 0.25) is 0 Å². The summed E-state index contributed by atoms with van der Waals surface area (Å²) in [5.74, 6) is 0. The number of rotatable bonds is 6. The zero-order valence-electron chi connectivity index (χ0n) is 11.3. The van der Waals surface area contributed by atoms with Gasteiger partial charge in [-0.1, -0.05) is 44.1 Å². The molecule has 2 aliphatic rings. The normalized spacial score (nSPS) is 20.7. The third kappa shape index (κ3) is 2.96. The molecular weight excluding hydrogens is 238 g/mol. The molecule has 0 aromatic carbocycles. The average molecular weight is 259 g/mol. The van der Waals surface area contributed by atoms with E-state index in [-0.39, 0.29) is 6.04 Å². The minimum absolute atomic E-state index is 0.103. The molecule has 0 aromatic rings. The number of nitrogens with zero attached hydrogens (tertiary/aromatic N) is 2. The first kappa shape index (κ1) is 13.6. The first-order valence-corrected chi connectivity index (χ1v) is 6.76. The Labute approximate surface area is 114 Å². The molecule has 0 aromatic heterocycles. The second-order valence-electron chi connectivity index (χ2n) is 4.71. The largest absolute Gasteiger partial charge is 0.379 e. The standard InChI is InChI=1S/C15H21N3O/c1-3-4-7-10-18(19)15-12-8-5-6-9-13(12)17-11-14(15)16-2/h5-6,8-9,11,13,17,19H,2-4,7,10H2,1H3. The lowest BCUT2D eigenvalue weighted by Gasteiger charge is -2.31. The Morgan fingerprint density at radius 3 is 3.00 bits per heavy atom. The number of allylic oxidation sites excluding steroid dienone is 2. The van der Waals surface area contributed by atoms with Gasteiger partial charge in [-0.05, 0) is 13.1 Å². The topological polar surface area (TPSA) is 47.9 Å². The number of nitrogens with one attached hydrogen (secondary N) is 1. The number of hydrogen-bond donors (Lipinski definition) is 2. The van der Waals surface area contributed by atoms with Crippen LogP contribution >= 0.6 is 0 Å². The zero-order chi connectivity index (χ0) is 13.7. The highest BCUT2D eigenvalue weighted by Crippen LogP contribution is 2.28. The lowest BCUT2D eigenvalue weighted by atomic mass is 9.96. The molecule has 4 nitrogen and oxygen atoms in total. The number of fused-ring (bicyclic) bond motifs is 1. The quantitative estimate of drug-likeness (QED) is 0.438. The summed E-state index contributed by atoms with van der Waals surface area (Å²) >= 11 is 0. The van der Waals surface area contributed by atoms with Crippen molar-refractivity contribution in [2.75, 3.05) is 6.54 Å². The van der Waals surface area contributed by atoms with E-state index in [1.165, 1.54) is 5.06 Å². The number of unbranched alkanes of at least 4 members (excludes halogenated alkanes) is 2. The molecule has 1 aliphatic heterocycles. The van der Waals surface area contributed by atoms with Crippen molar-refractivity contribution >= 4 is 6.72 Å². The molecule has 0 fully saturated rings. The SMILES string of the molecule is C=NC1=CNC2C=CC=CC2=C1N(O)CCCCC. The van der Waals surface area contributed by atoms with Gasteiger partial charge in [0.2, 0.25) is 0 Å². The zero-order valence-corrected chi connectivity index (χ0v) is 11.3. The third-order valence-electron chi connectivity index (χ3n) is 3.34. The van der Waals surface area contributed by atoms with E-state index in [0.717, 1.165) is 30.5 Å². The number of hydroxylamine groups is 2. The molecule has 0 saturated heterocycles. The highest BCUT2D eigenvalue weighted by molar-refractivity contribution is 5.50. The van der Waals surface area contributed by atoms with E-state index in [0.29, 0.717) is 12.2 Å². The Balaban J connectivity index is 2.23. The summed E-state index contributed by atoms with van der Waals surface area (Å²) in [6, 6.07) is 0.103. The molecule has 1 heterocycles. The van der Waals surface area contributed by atoms with Gasteiger partial charge in [0.05, 0.1) is 11.7 Å². The molecule has 2 N–H and O–H groups in total. The van der Waals surface area contributed by atoms with Crippen molar-refractivity contribution in [3.63, 3.8) is 0 Å². The van der Waals surface area contributed by atoms with Gasteiger partial charge in [0.25, 0.3) is 0 Å². The summed E-state index contributed by atoms with van der Waals surface area (Å²) in [7, 11) is 0. The van der Waals surface area contributed by atoms with Crippen molar-refractivity contribution in [1.29, 1.82) is 0 Å². The van der Waals surface area contributed by atoms with Crippen LogP contribution in [-0.2, 0) is 0 Å². The molecular formula is C15H21N3O. The Kier molecular flexibility index (Phi) is 4.58. The molecule has 1 unspecified atom stereocenters. The number of aliphatic imine (C=N–C) groups is 1. The van der Waals surface area contributed by atoms with Gasteiger partial charge in [0, 0.05) is 18.3 Å². The highest BCUT2D eigenvalue weighted by Gasteiger charge is 2.25. The summed E-state index contributed by atoms with van der Waals surface area (Å²) in [5.41, 5.74) is 2.48. The van der Waals surface area contributed by atoms with Crippen molar-refractivity contribution in [3.8, 4) is 0 Å². The van der Waals surface area contributed by atoms with Crippen molar-refractivity contribution < 1.29 is 5.21 Å². The fourth-order valence-electron chi connectivity index (χ4n) is 2.32. The third-order valence-corrected chi connectivity index (χ3v) is 3.34. The Morgan fingerprint density at radius 1 is 1.42 bits per heavy atom. The summed E-state index contributed by atoms with van der Waals surface area (Å²) in [6.45, 7) is 6.34. The van der Waals surface area contributed by atoms with E-state index in [9.17, 15) is 5.21 Å². The average Bonchev–Trinajstić information content (AvgIpc) is 2.46. The second kappa shape index (κ2) is 6.38. The van der Waals surface area contributed by atoms with Crippen molar-refractivity contribution in [2.24, 2.45) is 4.99 Å². The van der Waals surface area contributed by atoms with Gasteiger partial charge in [-0.3, -0.25) is 15.3 Å². The first-order chi connectivity index (χ1) is 9.27. The molecule has 1 aliphatic carbocycles. The molecule has 102 valence electrons. The van der Waals surface area contributed by atoms with Crippen LogP contribution in [0.3, 0.4) is 0 Å². The van der Waals surface area contributed by atoms with E-state index in [4.69, 9.17) is 0 Å². The first-order valence-electron chi connectivity index (χ1n) is 6.76. The predicted octanol–water partition coefficient (Wildman–Crippen LogP) is 2.76. The fraction of sp³-hybridized carbons (Fsp3) is 0.400. The van der Waals surface area contributed by atoms with E-state index < -0.39 is 0 Å². The van der Waals surface area contributed by atoms with Crippen LogP contribution in [0.5, 0.6) is 0 Å². The van der Waals surface area contributed by atoms with Crippen LogP contribution in [0.15, 0.2) is 52.5 Å². The molecule has 0 saturated carbocycles. The molecule has 0 spiro atoms. The maximum Gasteiger partial charge on any atom is 0.104 e. The van der Waals surface area contributed by atoms with Gasteiger partial charge in [-0.2, -0.15) is 0 Å². The molecule has 19 heavy (non-hydrogen) atoms. The maximum absolute atomic E-state index is 10.3. The van der Waals surface area contributed by atoms with Gasteiger partial charge in [-0.25, -0.2) is 0 Å². The molecule has 0 bridgehead atoms.